The highest BCUT2D eigenvalue weighted by Gasteiger charge is 2.33. The number of ether oxygens (including phenoxy) is 1. The maximum Gasteiger partial charge on any atom is 0.127 e. The minimum atomic E-state index is 0.499. The maximum absolute atomic E-state index is 5.51. The zero-order valence-electron chi connectivity index (χ0n) is 7.47. The van der Waals surface area contributed by atoms with Gasteiger partial charge in [0.25, 0.3) is 0 Å². The lowest BCUT2D eigenvalue weighted by Gasteiger charge is -2.23. The summed E-state index contributed by atoms with van der Waals surface area (Å²) in [5.74, 6) is 0. The standard InChI is InChI=1S/C6H12N2O.C2H6/c1-2-9-6-4-7-3-5(6)8-1;1-2/h5-8H,1-4H2;1-2H3/p+1. The first-order valence-electron chi connectivity index (χ1n) is 4.63. The van der Waals surface area contributed by atoms with E-state index in [4.69, 9.17) is 4.74 Å². The fourth-order valence-corrected chi connectivity index (χ4v) is 1.61. The van der Waals surface area contributed by atoms with Crippen LogP contribution >= 0.6 is 0 Å². The Kier molecular flexibility index (Phi) is 3.83. The third-order valence-corrected chi connectivity index (χ3v) is 2.11. The highest BCUT2D eigenvalue weighted by Crippen LogP contribution is 2.03. The maximum atomic E-state index is 5.51. The molecule has 0 spiro atoms. The minimum absolute atomic E-state index is 0.499. The summed E-state index contributed by atoms with van der Waals surface area (Å²) in [6, 6.07) is 0.638. The van der Waals surface area contributed by atoms with Gasteiger partial charge in [-0.15, -0.1) is 0 Å². The van der Waals surface area contributed by atoms with Gasteiger partial charge in [0, 0.05) is 6.54 Å². The van der Waals surface area contributed by atoms with Crippen LogP contribution in [0.4, 0.5) is 0 Å². The van der Waals surface area contributed by atoms with Crippen molar-refractivity contribution in [1.29, 1.82) is 0 Å². The smallest absolute Gasteiger partial charge is 0.127 e. The molecule has 0 amide bonds. The lowest BCUT2D eigenvalue weighted by Crippen LogP contribution is -2.82. The Morgan fingerprint density at radius 2 is 2.18 bits per heavy atom. The van der Waals surface area contributed by atoms with Gasteiger partial charge in [0.1, 0.15) is 12.6 Å². The summed E-state index contributed by atoms with van der Waals surface area (Å²) in [5.41, 5.74) is 0. The Balaban J connectivity index is 0.000000281. The second kappa shape index (κ2) is 4.70. The topological polar surface area (TPSA) is 37.9 Å². The van der Waals surface area contributed by atoms with Crippen molar-refractivity contribution in [2.45, 2.75) is 26.0 Å². The van der Waals surface area contributed by atoms with Crippen LogP contribution in [0, 0.1) is 0 Å². The highest BCUT2D eigenvalue weighted by molar-refractivity contribution is 4.82. The van der Waals surface area contributed by atoms with E-state index >= 15 is 0 Å². The number of hydrogen-bond donors (Lipinski definition) is 2. The van der Waals surface area contributed by atoms with E-state index in [0.717, 1.165) is 19.7 Å². The monoisotopic (exact) mass is 159 g/mol. The van der Waals surface area contributed by atoms with Gasteiger partial charge in [-0.2, -0.15) is 0 Å². The number of rotatable bonds is 0. The molecular formula is C8H19N2O+. The lowest BCUT2D eigenvalue weighted by atomic mass is 10.2. The predicted molar refractivity (Wildman–Crippen MR) is 44.5 cm³/mol. The summed E-state index contributed by atoms with van der Waals surface area (Å²) in [4.78, 5) is 0. The number of quaternary nitrogens is 1. The van der Waals surface area contributed by atoms with Gasteiger partial charge in [-0.05, 0) is 0 Å². The van der Waals surface area contributed by atoms with Crippen LogP contribution in [0.1, 0.15) is 13.8 Å². The van der Waals surface area contributed by atoms with Gasteiger partial charge >= 0.3 is 0 Å². The lowest BCUT2D eigenvalue weighted by molar-refractivity contribution is -0.639. The third-order valence-electron chi connectivity index (χ3n) is 2.11. The molecule has 2 fully saturated rings. The molecule has 2 rings (SSSR count). The molecular weight excluding hydrogens is 140 g/mol. The zero-order chi connectivity index (χ0) is 8.10. The van der Waals surface area contributed by atoms with E-state index in [1.54, 1.807) is 0 Å². The second-order valence-electron chi connectivity index (χ2n) is 2.73. The van der Waals surface area contributed by atoms with Crippen molar-refractivity contribution in [2.75, 3.05) is 26.2 Å². The van der Waals surface area contributed by atoms with E-state index in [1.807, 2.05) is 13.8 Å². The largest absolute Gasteiger partial charge is 0.369 e. The molecule has 11 heavy (non-hydrogen) atoms. The Bertz CT molecular complexity index is 96.3. The van der Waals surface area contributed by atoms with Crippen molar-refractivity contribution in [3.63, 3.8) is 0 Å². The van der Waals surface area contributed by atoms with Crippen LogP contribution in [0.3, 0.4) is 0 Å². The first kappa shape index (κ1) is 8.97. The van der Waals surface area contributed by atoms with E-state index < -0.39 is 0 Å². The van der Waals surface area contributed by atoms with E-state index in [1.165, 1.54) is 6.54 Å². The summed E-state index contributed by atoms with van der Waals surface area (Å²) in [6.07, 6.45) is 0.499. The van der Waals surface area contributed by atoms with Gasteiger partial charge in [0.05, 0.1) is 19.2 Å². The molecule has 0 radical (unpaired) electrons. The summed E-state index contributed by atoms with van der Waals surface area (Å²) in [5, 5.41) is 5.74. The molecule has 2 atom stereocenters. The van der Waals surface area contributed by atoms with E-state index in [9.17, 15) is 0 Å². The van der Waals surface area contributed by atoms with Crippen LogP contribution in [0.5, 0.6) is 0 Å². The van der Waals surface area contributed by atoms with E-state index in [-0.39, 0.29) is 0 Å². The van der Waals surface area contributed by atoms with Crippen LogP contribution < -0.4 is 10.6 Å². The van der Waals surface area contributed by atoms with Crippen LogP contribution in [0.25, 0.3) is 0 Å². The quantitative estimate of drug-likeness (QED) is 0.473. The molecule has 2 aliphatic rings. The molecule has 3 nitrogen and oxygen atoms in total. The van der Waals surface area contributed by atoms with Crippen molar-refractivity contribution in [1.82, 2.24) is 5.32 Å². The zero-order valence-corrected chi connectivity index (χ0v) is 7.47. The molecule has 3 N–H and O–H groups in total. The van der Waals surface area contributed by atoms with Crippen molar-refractivity contribution in [3.8, 4) is 0 Å². The van der Waals surface area contributed by atoms with Crippen LogP contribution in [0.15, 0.2) is 0 Å². The average molecular weight is 159 g/mol. The summed E-state index contributed by atoms with van der Waals surface area (Å²) >= 11 is 0. The fourth-order valence-electron chi connectivity index (χ4n) is 1.61. The summed E-state index contributed by atoms with van der Waals surface area (Å²) < 4.78 is 5.51. The molecule has 2 saturated heterocycles. The van der Waals surface area contributed by atoms with Gasteiger partial charge in [-0.25, -0.2) is 0 Å². The first-order valence-corrected chi connectivity index (χ1v) is 4.63. The molecule has 2 unspecified atom stereocenters. The van der Waals surface area contributed by atoms with Crippen LogP contribution in [-0.4, -0.2) is 38.4 Å². The second-order valence-corrected chi connectivity index (χ2v) is 2.73. The van der Waals surface area contributed by atoms with E-state index in [0.29, 0.717) is 12.1 Å². The molecule has 3 heteroatoms. The highest BCUT2D eigenvalue weighted by atomic mass is 16.5. The normalized spacial score (nSPS) is 35.5. The average Bonchev–Trinajstić information content (AvgIpc) is 2.55. The molecule has 2 heterocycles. The van der Waals surface area contributed by atoms with Crippen molar-refractivity contribution in [2.24, 2.45) is 0 Å². The van der Waals surface area contributed by atoms with Crippen molar-refractivity contribution >= 4 is 0 Å². The SMILES string of the molecule is C1COC2C[NH2+]CC2N1.CC. The molecule has 0 saturated carbocycles. The number of fused-ring (bicyclic) bond motifs is 1. The van der Waals surface area contributed by atoms with Gasteiger partial charge in [-0.1, -0.05) is 13.8 Å². The van der Waals surface area contributed by atoms with E-state index in [2.05, 4.69) is 10.6 Å². The van der Waals surface area contributed by atoms with Crippen LogP contribution in [-0.2, 0) is 4.74 Å². The Morgan fingerprint density at radius 3 is 2.91 bits per heavy atom. The molecule has 0 aromatic heterocycles. The van der Waals surface area contributed by atoms with Crippen molar-refractivity contribution < 1.29 is 10.1 Å². The van der Waals surface area contributed by atoms with Gasteiger partial charge in [0.2, 0.25) is 0 Å². The molecule has 0 bridgehead atoms. The predicted octanol–water partition coefficient (Wildman–Crippen LogP) is -1.05. The number of hydrogen-bond acceptors (Lipinski definition) is 2. The van der Waals surface area contributed by atoms with Gasteiger partial charge in [0.15, 0.2) is 0 Å². The molecule has 0 aromatic carbocycles. The summed E-state index contributed by atoms with van der Waals surface area (Å²) in [6.45, 7) is 8.28. The van der Waals surface area contributed by atoms with Crippen molar-refractivity contribution in [3.05, 3.63) is 0 Å². The number of nitrogens with two attached hydrogens (primary N) is 1. The fraction of sp³-hybridized carbons (Fsp3) is 1.00. The van der Waals surface area contributed by atoms with Crippen LogP contribution in [0.2, 0.25) is 0 Å². The Labute approximate surface area is 68.5 Å². The van der Waals surface area contributed by atoms with Gasteiger partial charge in [-0.3, -0.25) is 0 Å². The number of morpholine rings is 1. The molecule has 0 aromatic rings. The Morgan fingerprint density at radius 1 is 1.36 bits per heavy atom. The van der Waals surface area contributed by atoms with Gasteiger partial charge < -0.3 is 15.4 Å². The molecule has 0 aliphatic carbocycles. The Hall–Kier alpha value is -0.120. The third kappa shape index (κ3) is 2.15. The minimum Gasteiger partial charge on any atom is -0.369 e. The number of nitrogens with one attached hydrogen (secondary N) is 1. The summed E-state index contributed by atoms with van der Waals surface area (Å²) in [7, 11) is 0. The molecule has 2 aliphatic heterocycles. The first-order chi connectivity index (χ1) is 5.47. The molecule has 66 valence electrons.